The van der Waals surface area contributed by atoms with Crippen molar-refractivity contribution < 1.29 is 52.6 Å². The molecule has 11 nitrogen and oxygen atoms in total. The van der Waals surface area contributed by atoms with E-state index in [2.05, 4.69) is 91.3 Å². The van der Waals surface area contributed by atoms with Crippen molar-refractivity contribution in [3.05, 3.63) is 97.2 Å². The maximum absolute atomic E-state index is 12.6. The molecule has 0 saturated carbocycles. The van der Waals surface area contributed by atoms with Crippen LogP contribution in [0.4, 0.5) is 0 Å². The van der Waals surface area contributed by atoms with Crippen molar-refractivity contribution in [2.24, 2.45) is 0 Å². The zero-order chi connectivity index (χ0) is 42.8. The smallest absolute Gasteiger partial charge is 0.462 e. The van der Waals surface area contributed by atoms with Crippen LogP contribution in [0.3, 0.4) is 0 Å². The molecule has 0 aliphatic rings. The molecule has 0 aliphatic carbocycles. The Morgan fingerprint density at radius 3 is 1.72 bits per heavy atom. The number of hydrogen-bond donors (Lipinski definition) is 3. The lowest BCUT2D eigenvalue weighted by Crippen LogP contribution is -2.30. The molecule has 0 aliphatic heterocycles. The van der Waals surface area contributed by atoms with Crippen LogP contribution in [0.25, 0.3) is 0 Å². The summed E-state index contributed by atoms with van der Waals surface area (Å²) in [6, 6.07) is 0. The van der Waals surface area contributed by atoms with Crippen LogP contribution < -0.4 is 0 Å². The second-order valence-corrected chi connectivity index (χ2v) is 15.1. The van der Waals surface area contributed by atoms with Crippen molar-refractivity contribution >= 4 is 25.5 Å². The molecule has 0 aromatic rings. The number of carbonyl (C=O) groups excluding carboxylic acids is 3. The minimum Gasteiger partial charge on any atom is -0.462 e. The minimum atomic E-state index is -4.70. The number of aliphatic hydroxyl groups is 2. The van der Waals surface area contributed by atoms with Crippen LogP contribution >= 0.6 is 7.82 Å². The number of phosphoric acid groups is 1. The average Bonchev–Trinajstić information content (AvgIpc) is 3.20. The van der Waals surface area contributed by atoms with Gasteiger partial charge >= 0.3 is 19.8 Å². The van der Waals surface area contributed by atoms with E-state index in [4.69, 9.17) is 19.1 Å². The van der Waals surface area contributed by atoms with Gasteiger partial charge in [0.05, 0.1) is 19.8 Å². The first-order chi connectivity index (χ1) is 28.1. The average molecular weight is 833 g/mol. The topological polar surface area (TPSA) is 166 Å². The molecule has 1 unspecified atom stereocenters. The van der Waals surface area contributed by atoms with Crippen LogP contribution in [0.1, 0.15) is 136 Å². The van der Waals surface area contributed by atoms with Gasteiger partial charge in [0.25, 0.3) is 0 Å². The SMILES string of the molecule is CC/C=C\C/C=C\C/C=C\C/C=C\CCCCCCC(=O)OC[C@H](COP(=O)(O)OC[C@@H](O)CO)OC(=O)CCCC(=O)/C=C/C=C\C/C=C\C/C=C\CCCCC. The van der Waals surface area contributed by atoms with Gasteiger partial charge in [-0.15, -0.1) is 0 Å². The normalized spacial score (nSPS) is 14.7. The molecule has 0 bridgehead atoms. The lowest BCUT2D eigenvalue weighted by molar-refractivity contribution is -0.161. The van der Waals surface area contributed by atoms with E-state index in [1.807, 2.05) is 6.08 Å². The summed E-state index contributed by atoms with van der Waals surface area (Å²) in [5.41, 5.74) is 0. The highest BCUT2D eigenvalue weighted by Crippen LogP contribution is 2.43. The first-order valence-electron chi connectivity index (χ1n) is 21.1. The molecule has 0 rings (SSSR count). The number of carbonyl (C=O) groups is 3. The summed E-state index contributed by atoms with van der Waals surface area (Å²) >= 11 is 0. The third-order valence-corrected chi connectivity index (χ3v) is 9.15. The van der Waals surface area contributed by atoms with Crippen LogP contribution in [-0.2, 0) is 37.5 Å². The predicted molar refractivity (Wildman–Crippen MR) is 233 cm³/mol. The van der Waals surface area contributed by atoms with Gasteiger partial charge in [0, 0.05) is 19.3 Å². The van der Waals surface area contributed by atoms with E-state index >= 15 is 0 Å². The largest absolute Gasteiger partial charge is 0.472 e. The molecule has 0 saturated heterocycles. The maximum Gasteiger partial charge on any atom is 0.472 e. The molecular formula is C46H73O11P. The molecular weight excluding hydrogens is 759 g/mol. The van der Waals surface area contributed by atoms with Crippen LogP contribution in [0.15, 0.2) is 97.2 Å². The molecule has 0 aromatic carbocycles. The summed E-state index contributed by atoms with van der Waals surface area (Å²) in [4.78, 5) is 47.2. The quantitative estimate of drug-likeness (QED) is 0.0135. The van der Waals surface area contributed by atoms with Crippen molar-refractivity contribution in [2.45, 2.75) is 148 Å². The monoisotopic (exact) mass is 832 g/mol. The summed E-state index contributed by atoms with van der Waals surface area (Å²) in [5.74, 6) is -1.38. The molecule has 0 amide bonds. The molecule has 0 aromatic heterocycles. The zero-order valence-corrected chi connectivity index (χ0v) is 36.1. The van der Waals surface area contributed by atoms with Gasteiger partial charge in [-0.25, -0.2) is 4.57 Å². The number of unbranched alkanes of at least 4 members (excludes halogenated alkanes) is 7. The number of ketones is 1. The maximum atomic E-state index is 12.6. The molecule has 0 radical (unpaired) electrons. The van der Waals surface area contributed by atoms with Gasteiger partial charge in [0.2, 0.25) is 0 Å². The Morgan fingerprint density at radius 1 is 0.586 bits per heavy atom. The number of ether oxygens (including phenoxy) is 2. The first-order valence-corrected chi connectivity index (χ1v) is 22.6. The highest BCUT2D eigenvalue weighted by molar-refractivity contribution is 7.47. The van der Waals surface area contributed by atoms with Crippen LogP contribution in [0.2, 0.25) is 0 Å². The van der Waals surface area contributed by atoms with E-state index in [0.717, 1.165) is 70.6 Å². The van der Waals surface area contributed by atoms with Crippen molar-refractivity contribution in [1.29, 1.82) is 0 Å². The lowest BCUT2D eigenvalue weighted by atomic mass is 10.1. The second-order valence-electron chi connectivity index (χ2n) is 13.7. The van der Waals surface area contributed by atoms with Crippen molar-refractivity contribution in [2.75, 3.05) is 26.4 Å². The van der Waals surface area contributed by atoms with E-state index in [0.29, 0.717) is 6.42 Å². The molecule has 3 atom stereocenters. The second kappa shape index (κ2) is 40.3. The molecule has 12 heteroatoms. The number of aliphatic hydroxyl groups excluding tert-OH is 2. The molecule has 328 valence electrons. The molecule has 3 N–H and O–H groups in total. The third-order valence-electron chi connectivity index (χ3n) is 8.20. The molecule has 0 spiro atoms. The van der Waals surface area contributed by atoms with E-state index in [1.165, 1.54) is 25.3 Å². The van der Waals surface area contributed by atoms with Crippen LogP contribution in [0, 0.1) is 0 Å². The predicted octanol–water partition coefficient (Wildman–Crippen LogP) is 10.4. The highest BCUT2D eigenvalue weighted by Gasteiger charge is 2.27. The van der Waals surface area contributed by atoms with Gasteiger partial charge in [-0.3, -0.25) is 23.4 Å². The molecule has 0 fully saturated rings. The Kier molecular flexibility index (Phi) is 38.0. The number of allylic oxidation sites excluding steroid dienone is 16. The third kappa shape index (κ3) is 39.4. The fourth-order valence-corrected chi connectivity index (χ4v) is 5.73. The Hall–Kier alpha value is -3.44. The fraction of sp³-hybridized carbons (Fsp3) is 0.587. The van der Waals surface area contributed by atoms with Gasteiger partial charge in [0.1, 0.15) is 12.7 Å². The summed E-state index contributed by atoms with van der Waals surface area (Å²) < 4.78 is 32.4. The summed E-state index contributed by atoms with van der Waals surface area (Å²) in [5, 5.41) is 18.3. The van der Waals surface area contributed by atoms with Crippen molar-refractivity contribution in [3.63, 3.8) is 0 Å². The number of phosphoric ester groups is 1. The Balaban J connectivity index is 4.58. The van der Waals surface area contributed by atoms with Crippen LogP contribution in [-0.4, -0.2) is 71.5 Å². The lowest BCUT2D eigenvalue weighted by Gasteiger charge is -2.20. The number of rotatable bonds is 38. The van der Waals surface area contributed by atoms with Gasteiger partial charge < -0.3 is 24.6 Å². The Labute approximate surface area is 349 Å². The summed E-state index contributed by atoms with van der Waals surface area (Å²) in [6.07, 6.45) is 45.2. The van der Waals surface area contributed by atoms with Crippen molar-refractivity contribution in [1.82, 2.24) is 0 Å². The standard InChI is InChI=1S/C46H73O11P/c1-3-5-7-9-11-13-15-17-18-19-20-22-24-26-28-30-32-36-45(50)54-40-44(41-56-58(52,53)55-39-43(49)38-47)57-46(51)37-33-35-42(48)34-31-29-27-25-23-21-16-14-12-10-8-6-4-2/h5,7,11-14,17-18,20-23,27,29,31,34,43-44,47,49H,3-4,6,8-10,15-16,19,24-26,28,30,32-33,35-41H2,1-2H3,(H,52,53)/b7-5-,13-11-,14-12-,18-17-,22-20-,23-21-,29-27-,34-31+/t43-,44+/m0/s1. The van der Waals surface area contributed by atoms with Crippen molar-refractivity contribution in [3.8, 4) is 0 Å². The minimum absolute atomic E-state index is 0.108. The van der Waals surface area contributed by atoms with Gasteiger partial charge in [0.15, 0.2) is 11.9 Å². The van der Waals surface area contributed by atoms with Gasteiger partial charge in [-0.2, -0.15) is 0 Å². The summed E-state index contributed by atoms with van der Waals surface area (Å²) in [6.45, 7) is 1.90. The highest BCUT2D eigenvalue weighted by atomic mass is 31.2. The van der Waals surface area contributed by atoms with Crippen LogP contribution in [0.5, 0.6) is 0 Å². The van der Waals surface area contributed by atoms with E-state index in [1.54, 1.807) is 12.2 Å². The first kappa shape index (κ1) is 54.6. The molecule has 58 heavy (non-hydrogen) atoms. The Morgan fingerprint density at radius 2 is 1.12 bits per heavy atom. The number of hydrogen-bond acceptors (Lipinski definition) is 10. The van der Waals surface area contributed by atoms with Gasteiger partial charge in [-0.1, -0.05) is 131 Å². The van der Waals surface area contributed by atoms with E-state index < -0.39 is 58.4 Å². The zero-order valence-electron chi connectivity index (χ0n) is 35.2. The van der Waals surface area contributed by atoms with E-state index in [-0.39, 0.29) is 31.5 Å². The van der Waals surface area contributed by atoms with E-state index in [9.17, 15) is 28.9 Å². The van der Waals surface area contributed by atoms with Gasteiger partial charge in [-0.05, 0) is 83.1 Å². The molecule has 0 heterocycles. The Bertz CT molecular complexity index is 1340. The number of esters is 2. The fourth-order valence-electron chi connectivity index (χ4n) is 4.94. The summed E-state index contributed by atoms with van der Waals surface area (Å²) in [7, 11) is -4.70.